The Labute approximate surface area is 75.9 Å². The van der Waals surface area contributed by atoms with Crippen molar-refractivity contribution in [2.75, 3.05) is 7.05 Å². The number of hydrogen-bond acceptors (Lipinski definition) is 1. The summed E-state index contributed by atoms with van der Waals surface area (Å²) in [6, 6.07) is 0. The van der Waals surface area contributed by atoms with E-state index in [4.69, 9.17) is 0 Å². The lowest BCUT2D eigenvalue weighted by molar-refractivity contribution is 0.794. The highest BCUT2D eigenvalue weighted by Gasteiger charge is 1.94. The monoisotopic (exact) mass is 165 g/mol. The van der Waals surface area contributed by atoms with Gasteiger partial charge in [0, 0.05) is 7.05 Å². The molecular weight excluding hydrogens is 146 g/mol. The summed E-state index contributed by atoms with van der Waals surface area (Å²) in [4.78, 5) is 0. The number of nitrogens with one attached hydrogen (secondary N) is 1. The Morgan fingerprint density at radius 3 is 2.42 bits per heavy atom. The molecule has 0 aromatic heterocycles. The van der Waals surface area contributed by atoms with Gasteiger partial charge < -0.3 is 5.32 Å². The van der Waals surface area contributed by atoms with Crippen molar-refractivity contribution in [3.05, 3.63) is 36.1 Å². The van der Waals surface area contributed by atoms with Crippen LogP contribution in [0.3, 0.4) is 0 Å². The predicted octanol–water partition coefficient (Wildman–Crippen LogP) is 2.88. The molecule has 0 saturated heterocycles. The Morgan fingerprint density at radius 1 is 1.42 bits per heavy atom. The maximum Gasteiger partial charge on any atom is 0.00277 e. The maximum absolute atomic E-state index is 3.97. The van der Waals surface area contributed by atoms with Crippen molar-refractivity contribution in [2.45, 2.75) is 20.8 Å². The van der Waals surface area contributed by atoms with Crippen molar-refractivity contribution in [1.82, 2.24) is 5.32 Å². The smallest absolute Gasteiger partial charge is 0.00277 e. The molecule has 0 unspecified atom stereocenters. The van der Waals surface area contributed by atoms with E-state index >= 15 is 0 Å². The van der Waals surface area contributed by atoms with Crippen molar-refractivity contribution in [2.24, 2.45) is 5.92 Å². The molecule has 0 fully saturated rings. The molecule has 0 amide bonds. The average molecular weight is 165 g/mol. The summed E-state index contributed by atoms with van der Waals surface area (Å²) >= 11 is 0. The van der Waals surface area contributed by atoms with Gasteiger partial charge in [0.25, 0.3) is 0 Å². The van der Waals surface area contributed by atoms with Gasteiger partial charge in [-0.3, -0.25) is 0 Å². The first-order chi connectivity index (χ1) is 5.57. The van der Waals surface area contributed by atoms with Crippen molar-refractivity contribution in [1.29, 1.82) is 0 Å². The van der Waals surface area contributed by atoms with Crippen LogP contribution in [-0.4, -0.2) is 7.05 Å². The van der Waals surface area contributed by atoms with Gasteiger partial charge in [0.2, 0.25) is 0 Å². The highest BCUT2D eigenvalue weighted by Crippen LogP contribution is 2.10. The fraction of sp³-hybridized carbons (Fsp3) is 0.455. The topological polar surface area (TPSA) is 12.0 Å². The maximum atomic E-state index is 3.97. The van der Waals surface area contributed by atoms with E-state index in [9.17, 15) is 0 Å². The van der Waals surface area contributed by atoms with E-state index in [1.807, 2.05) is 19.3 Å². The van der Waals surface area contributed by atoms with Crippen LogP contribution >= 0.6 is 0 Å². The molecule has 0 bridgehead atoms. The highest BCUT2D eigenvalue weighted by atomic mass is 14.8. The van der Waals surface area contributed by atoms with Crippen LogP contribution in [-0.2, 0) is 0 Å². The van der Waals surface area contributed by atoms with Crippen LogP contribution < -0.4 is 5.32 Å². The van der Waals surface area contributed by atoms with E-state index in [1.165, 1.54) is 11.1 Å². The SMILES string of the molecule is C=C(/C=C(C)/C=C\NC)C(C)C. The van der Waals surface area contributed by atoms with Crippen LogP contribution in [0.5, 0.6) is 0 Å². The summed E-state index contributed by atoms with van der Waals surface area (Å²) in [5.41, 5.74) is 2.40. The number of rotatable bonds is 4. The van der Waals surface area contributed by atoms with E-state index in [-0.39, 0.29) is 0 Å². The minimum atomic E-state index is 0.530. The second-order valence-electron chi connectivity index (χ2n) is 3.24. The minimum absolute atomic E-state index is 0.530. The molecule has 1 heteroatoms. The molecular formula is C11H19N. The molecule has 0 aliphatic rings. The van der Waals surface area contributed by atoms with Crippen molar-refractivity contribution in [3.63, 3.8) is 0 Å². The summed E-state index contributed by atoms with van der Waals surface area (Å²) < 4.78 is 0. The normalized spacial score (nSPS) is 12.6. The third-order valence-electron chi connectivity index (χ3n) is 1.67. The molecule has 0 aromatic rings. The van der Waals surface area contributed by atoms with E-state index in [0.29, 0.717) is 5.92 Å². The van der Waals surface area contributed by atoms with Crippen molar-refractivity contribution in [3.8, 4) is 0 Å². The largest absolute Gasteiger partial charge is 0.394 e. The minimum Gasteiger partial charge on any atom is -0.394 e. The van der Waals surface area contributed by atoms with Gasteiger partial charge in [-0.15, -0.1) is 0 Å². The molecule has 0 radical (unpaired) electrons. The first kappa shape index (κ1) is 11.0. The van der Waals surface area contributed by atoms with Crippen LogP contribution in [0.4, 0.5) is 0 Å². The fourth-order valence-corrected chi connectivity index (χ4v) is 0.722. The Hall–Kier alpha value is -0.980. The molecule has 0 aliphatic carbocycles. The Bertz CT molecular complexity index is 197. The van der Waals surface area contributed by atoms with Gasteiger partial charge in [-0.2, -0.15) is 0 Å². The number of hydrogen-bond donors (Lipinski definition) is 1. The van der Waals surface area contributed by atoms with Gasteiger partial charge in [0.05, 0.1) is 0 Å². The number of allylic oxidation sites excluding steroid dienone is 4. The molecule has 0 saturated carbocycles. The first-order valence-electron chi connectivity index (χ1n) is 4.28. The molecule has 0 aliphatic heterocycles. The Balaban J connectivity index is 4.16. The van der Waals surface area contributed by atoms with Crippen LogP contribution in [0.25, 0.3) is 0 Å². The molecule has 1 N–H and O–H groups in total. The fourth-order valence-electron chi connectivity index (χ4n) is 0.722. The summed E-state index contributed by atoms with van der Waals surface area (Å²) in [6.07, 6.45) is 6.06. The zero-order valence-corrected chi connectivity index (χ0v) is 8.52. The summed E-state index contributed by atoms with van der Waals surface area (Å²) in [7, 11) is 1.89. The van der Waals surface area contributed by atoms with Gasteiger partial charge >= 0.3 is 0 Å². The van der Waals surface area contributed by atoms with Crippen molar-refractivity contribution < 1.29 is 0 Å². The molecule has 0 atom stereocenters. The molecule has 0 heterocycles. The van der Waals surface area contributed by atoms with Crippen LogP contribution in [0.1, 0.15) is 20.8 Å². The quantitative estimate of drug-likeness (QED) is 0.632. The van der Waals surface area contributed by atoms with Crippen LogP contribution in [0, 0.1) is 5.92 Å². The lowest BCUT2D eigenvalue weighted by Crippen LogP contribution is -1.92. The van der Waals surface area contributed by atoms with Crippen LogP contribution in [0.2, 0.25) is 0 Å². The lowest BCUT2D eigenvalue weighted by Gasteiger charge is -2.03. The predicted molar refractivity (Wildman–Crippen MR) is 55.9 cm³/mol. The van der Waals surface area contributed by atoms with Crippen LogP contribution in [0.15, 0.2) is 36.1 Å². The first-order valence-corrected chi connectivity index (χ1v) is 4.28. The van der Waals surface area contributed by atoms with Crippen molar-refractivity contribution >= 4 is 0 Å². The molecule has 68 valence electrons. The second kappa shape index (κ2) is 5.64. The summed E-state index contributed by atoms with van der Waals surface area (Å²) in [5.74, 6) is 0.530. The Kier molecular flexibility index (Phi) is 5.18. The van der Waals surface area contributed by atoms with E-state index in [2.05, 4.69) is 38.7 Å². The van der Waals surface area contributed by atoms with Gasteiger partial charge in [-0.1, -0.05) is 32.1 Å². The molecule has 0 rings (SSSR count). The van der Waals surface area contributed by atoms with Gasteiger partial charge in [0.15, 0.2) is 0 Å². The highest BCUT2D eigenvalue weighted by molar-refractivity contribution is 5.27. The standard InChI is InChI=1S/C11H19N/c1-9(2)11(4)8-10(3)6-7-12-5/h6-9,12H,4H2,1-3,5H3/b7-6-,10-8+. The third-order valence-corrected chi connectivity index (χ3v) is 1.67. The zero-order chi connectivity index (χ0) is 9.56. The van der Waals surface area contributed by atoms with Gasteiger partial charge in [0.1, 0.15) is 0 Å². The van der Waals surface area contributed by atoms with Gasteiger partial charge in [-0.25, -0.2) is 0 Å². The molecule has 0 aromatic carbocycles. The molecule has 0 spiro atoms. The average Bonchev–Trinajstić information content (AvgIpc) is 2.00. The molecule has 12 heavy (non-hydrogen) atoms. The van der Waals surface area contributed by atoms with Gasteiger partial charge in [-0.05, 0) is 30.7 Å². The van der Waals surface area contributed by atoms with E-state index in [0.717, 1.165) is 0 Å². The van der Waals surface area contributed by atoms with E-state index < -0.39 is 0 Å². The molecule has 1 nitrogen and oxygen atoms in total. The zero-order valence-electron chi connectivity index (χ0n) is 8.52. The third kappa shape index (κ3) is 4.78. The summed E-state index contributed by atoms with van der Waals surface area (Å²) in [5, 5.41) is 2.95. The lowest BCUT2D eigenvalue weighted by atomic mass is 10.0. The second-order valence-corrected chi connectivity index (χ2v) is 3.24. The summed E-state index contributed by atoms with van der Waals surface area (Å²) in [6.45, 7) is 10.3. The van der Waals surface area contributed by atoms with E-state index in [1.54, 1.807) is 0 Å². The Morgan fingerprint density at radius 2 is 2.00 bits per heavy atom.